The van der Waals surface area contributed by atoms with Gasteiger partial charge in [-0.15, -0.1) is 12.3 Å². The normalized spacial score (nSPS) is 19.9. The van der Waals surface area contributed by atoms with Crippen LogP contribution in [-0.4, -0.2) is 49.2 Å². The third kappa shape index (κ3) is 3.84. The minimum atomic E-state index is -0.179. The number of nitrogens with zero attached hydrogens (tertiary/aromatic N) is 1. The highest BCUT2D eigenvalue weighted by molar-refractivity contribution is 5.81. The van der Waals surface area contributed by atoms with Gasteiger partial charge in [0.2, 0.25) is 5.91 Å². The zero-order chi connectivity index (χ0) is 12.0. The predicted octanol–water partition coefficient (Wildman–Crippen LogP) is 0.235. The Kier molecular flexibility index (Phi) is 5.30. The lowest BCUT2D eigenvalue weighted by Gasteiger charge is -2.30. The highest BCUT2D eigenvalue weighted by Gasteiger charge is 2.22. The number of morpholine rings is 1. The fraction of sp³-hybridized carbons (Fsp3) is 0.750. The van der Waals surface area contributed by atoms with E-state index in [0.29, 0.717) is 32.7 Å². The van der Waals surface area contributed by atoms with E-state index in [2.05, 4.69) is 11.2 Å². The van der Waals surface area contributed by atoms with E-state index in [4.69, 9.17) is 11.2 Å². The zero-order valence-corrected chi connectivity index (χ0v) is 10.0. The Hall–Kier alpha value is -1.05. The average molecular weight is 224 g/mol. The van der Waals surface area contributed by atoms with Gasteiger partial charge < -0.3 is 15.0 Å². The molecule has 0 radical (unpaired) electrons. The van der Waals surface area contributed by atoms with Crippen LogP contribution in [0.5, 0.6) is 0 Å². The molecule has 1 heterocycles. The molecule has 0 aromatic heterocycles. The molecule has 0 aromatic rings. The van der Waals surface area contributed by atoms with Crippen LogP contribution in [0.3, 0.4) is 0 Å². The number of hydrogen-bond donors (Lipinski definition) is 1. The summed E-state index contributed by atoms with van der Waals surface area (Å²) in [5.41, 5.74) is 0. The van der Waals surface area contributed by atoms with Gasteiger partial charge in [-0.2, -0.15) is 0 Å². The number of amides is 1. The second-order valence-corrected chi connectivity index (χ2v) is 4.14. The molecule has 1 fully saturated rings. The average Bonchev–Trinajstić information content (AvgIpc) is 2.29. The Bertz CT molecular complexity index is 267. The summed E-state index contributed by atoms with van der Waals surface area (Å²) in [6, 6.07) is -0.00793. The summed E-state index contributed by atoms with van der Waals surface area (Å²) in [6.45, 7) is 6.52. The van der Waals surface area contributed by atoms with Crippen LogP contribution >= 0.6 is 0 Å². The summed E-state index contributed by atoms with van der Waals surface area (Å²) < 4.78 is 5.21. The molecule has 0 spiro atoms. The Labute approximate surface area is 97.3 Å². The molecule has 1 aliphatic heterocycles. The van der Waals surface area contributed by atoms with Gasteiger partial charge in [-0.1, -0.05) is 0 Å². The molecule has 16 heavy (non-hydrogen) atoms. The Morgan fingerprint density at radius 1 is 1.50 bits per heavy atom. The van der Waals surface area contributed by atoms with Crippen LogP contribution in [0.25, 0.3) is 0 Å². The van der Waals surface area contributed by atoms with Gasteiger partial charge in [0.05, 0.1) is 19.3 Å². The van der Waals surface area contributed by atoms with Gasteiger partial charge in [0, 0.05) is 25.6 Å². The highest BCUT2D eigenvalue weighted by Crippen LogP contribution is 2.02. The molecule has 1 amide bonds. The topological polar surface area (TPSA) is 41.6 Å². The summed E-state index contributed by atoms with van der Waals surface area (Å²) >= 11 is 0. The first kappa shape index (κ1) is 13.0. The Morgan fingerprint density at radius 2 is 2.12 bits per heavy atom. The van der Waals surface area contributed by atoms with Gasteiger partial charge in [-0.25, -0.2) is 0 Å². The molecule has 0 saturated carbocycles. The summed E-state index contributed by atoms with van der Waals surface area (Å²) in [5, 5.41) is 3.20. The molecule has 1 aliphatic rings. The van der Waals surface area contributed by atoms with Crippen molar-refractivity contribution in [2.75, 3.05) is 26.3 Å². The van der Waals surface area contributed by atoms with Crippen molar-refractivity contribution in [1.29, 1.82) is 0 Å². The molecule has 0 aliphatic carbocycles. The van der Waals surface area contributed by atoms with Gasteiger partial charge in [0.15, 0.2) is 0 Å². The fourth-order valence-corrected chi connectivity index (χ4v) is 1.79. The van der Waals surface area contributed by atoms with Crippen LogP contribution in [0.4, 0.5) is 0 Å². The number of ether oxygens (including phenoxy) is 1. The second-order valence-electron chi connectivity index (χ2n) is 4.14. The van der Waals surface area contributed by atoms with E-state index < -0.39 is 0 Å². The number of carbonyl (C=O) groups excluding carboxylic acids is 1. The van der Waals surface area contributed by atoms with Crippen molar-refractivity contribution in [2.24, 2.45) is 0 Å². The Morgan fingerprint density at radius 3 is 2.69 bits per heavy atom. The third-order valence-corrected chi connectivity index (χ3v) is 2.65. The molecule has 4 nitrogen and oxygen atoms in total. The highest BCUT2D eigenvalue weighted by atomic mass is 16.5. The summed E-state index contributed by atoms with van der Waals surface area (Å²) in [4.78, 5) is 13.8. The Balaban J connectivity index is 2.37. The van der Waals surface area contributed by atoms with Crippen LogP contribution in [0.1, 0.15) is 20.3 Å². The molecular weight excluding hydrogens is 204 g/mol. The maximum Gasteiger partial charge on any atom is 0.239 e. The van der Waals surface area contributed by atoms with Gasteiger partial charge in [0.1, 0.15) is 0 Å². The van der Waals surface area contributed by atoms with Crippen LogP contribution in [0, 0.1) is 12.3 Å². The SMILES string of the molecule is C#CCC(C)NC(C)C(=O)N1CCOCC1. The number of terminal acetylenes is 1. The number of carbonyl (C=O) groups is 1. The van der Waals surface area contributed by atoms with E-state index in [1.807, 2.05) is 18.7 Å². The largest absolute Gasteiger partial charge is 0.378 e. The van der Waals surface area contributed by atoms with Crippen LogP contribution < -0.4 is 5.32 Å². The zero-order valence-electron chi connectivity index (χ0n) is 10.0. The molecule has 90 valence electrons. The van der Waals surface area contributed by atoms with Crippen molar-refractivity contribution >= 4 is 5.91 Å². The van der Waals surface area contributed by atoms with Crippen molar-refractivity contribution in [3.8, 4) is 12.3 Å². The van der Waals surface area contributed by atoms with Crippen molar-refractivity contribution < 1.29 is 9.53 Å². The summed E-state index contributed by atoms with van der Waals surface area (Å²) in [6.07, 6.45) is 5.86. The molecular formula is C12H20N2O2. The van der Waals surface area contributed by atoms with Crippen molar-refractivity contribution in [3.05, 3.63) is 0 Å². The lowest BCUT2D eigenvalue weighted by atomic mass is 10.2. The monoisotopic (exact) mass is 224 g/mol. The van der Waals surface area contributed by atoms with Gasteiger partial charge in [0.25, 0.3) is 0 Å². The van der Waals surface area contributed by atoms with Gasteiger partial charge in [-0.3, -0.25) is 4.79 Å². The molecule has 1 saturated heterocycles. The first-order chi connectivity index (χ1) is 7.65. The molecule has 2 atom stereocenters. The van der Waals surface area contributed by atoms with Gasteiger partial charge in [-0.05, 0) is 13.8 Å². The number of hydrogen-bond acceptors (Lipinski definition) is 3. The van der Waals surface area contributed by atoms with Crippen LogP contribution in [0.15, 0.2) is 0 Å². The quantitative estimate of drug-likeness (QED) is 0.695. The molecule has 0 bridgehead atoms. The van der Waals surface area contributed by atoms with E-state index in [1.54, 1.807) is 0 Å². The molecule has 1 N–H and O–H groups in total. The predicted molar refractivity (Wildman–Crippen MR) is 62.9 cm³/mol. The van der Waals surface area contributed by atoms with Crippen LogP contribution in [-0.2, 0) is 9.53 Å². The van der Waals surface area contributed by atoms with Crippen molar-refractivity contribution in [2.45, 2.75) is 32.4 Å². The standard InChI is InChI=1S/C12H20N2O2/c1-4-5-10(2)13-11(3)12(15)14-6-8-16-9-7-14/h1,10-11,13H,5-9H2,2-3H3. The maximum atomic E-state index is 12.0. The number of rotatable bonds is 4. The number of nitrogens with one attached hydrogen (secondary N) is 1. The van der Waals surface area contributed by atoms with Gasteiger partial charge >= 0.3 is 0 Å². The van der Waals surface area contributed by atoms with Crippen molar-refractivity contribution in [3.63, 3.8) is 0 Å². The van der Waals surface area contributed by atoms with E-state index >= 15 is 0 Å². The minimum Gasteiger partial charge on any atom is -0.378 e. The molecule has 1 rings (SSSR count). The second kappa shape index (κ2) is 6.51. The van der Waals surface area contributed by atoms with E-state index in [1.165, 1.54) is 0 Å². The van der Waals surface area contributed by atoms with Crippen molar-refractivity contribution in [1.82, 2.24) is 10.2 Å². The fourth-order valence-electron chi connectivity index (χ4n) is 1.79. The van der Waals surface area contributed by atoms with Crippen LogP contribution in [0.2, 0.25) is 0 Å². The molecule has 2 unspecified atom stereocenters. The lowest BCUT2D eigenvalue weighted by Crippen LogP contribution is -2.50. The lowest BCUT2D eigenvalue weighted by molar-refractivity contribution is -0.137. The molecule has 0 aromatic carbocycles. The van der Waals surface area contributed by atoms with E-state index in [0.717, 1.165) is 0 Å². The summed E-state index contributed by atoms with van der Waals surface area (Å²) in [5.74, 6) is 2.72. The third-order valence-electron chi connectivity index (χ3n) is 2.65. The first-order valence-electron chi connectivity index (χ1n) is 5.71. The minimum absolute atomic E-state index is 0.132. The maximum absolute atomic E-state index is 12.0. The smallest absolute Gasteiger partial charge is 0.239 e. The van der Waals surface area contributed by atoms with E-state index in [-0.39, 0.29) is 18.0 Å². The summed E-state index contributed by atoms with van der Waals surface area (Å²) in [7, 11) is 0. The van der Waals surface area contributed by atoms with E-state index in [9.17, 15) is 4.79 Å². The molecule has 4 heteroatoms. The first-order valence-corrected chi connectivity index (χ1v) is 5.71.